The van der Waals surface area contributed by atoms with E-state index in [4.69, 9.17) is 4.74 Å². The van der Waals surface area contributed by atoms with Crippen LogP contribution in [0.3, 0.4) is 0 Å². The first-order valence-electron chi connectivity index (χ1n) is 6.58. The molecule has 0 spiro atoms. The SMILES string of the molecule is COc1cc(C)cc(CNc2nc3ccccc3[nH]2)c1. The van der Waals surface area contributed by atoms with Crippen LogP contribution in [0.25, 0.3) is 11.0 Å². The molecule has 0 saturated carbocycles. The normalized spacial score (nSPS) is 10.7. The summed E-state index contributed by atoms with van der Waals surface area (Å²) in [6, 6.07) is 14.2. The number of anilines is 1. The predicted molar refractivity (Wildman–Crippen MR) is 81.2 cm³/mol. The van der Waals surface area contributed by atoms with Gasteiger partial charge in [0, 0.05) is 6.54 Å². The summed E-state index contributed by atoms with van der Waals surface area (Å²) in [5, 5.41) is 3.31. The van der Waals surface area contributed by atoms with Crippen LogP contribution < -0.4 is 10.1 Å². The Balaban J connectivity index is 1.77. The van der Waals surface area contributed by atoms with Gasteiger partial charge in [0.05, 0.1) is 18.1 Å². The number of ether oxygens (including phenoxy) is 1. The predicted octanol–water partition coefficient (Wildman–Crippen LogP) is 3.49. The number of benzene rings is 2. The number of nitrogens with one attached hydrogen (secondary N) is 2. The number of rotatable bonds is 4. The smallest absolute Gasteiger partial charge is 0.201 e. The highest BCUT2D eigenvalue weighted by Gasteiger charge is 2.03. The zero-order valence-electron chi connectivity index (χ0n) is 11.6. The van der Waals surface area contributed by atoms with Gasteiger partial charge in [-0.15, -0.1) is 0 Å². The van der Waals surface area contributed by atoms with E-state index in [0.717, 1.165) is 22.7 Å². The second-order valence-corrected chi connectivity index (χ2v) is 4.81. The van der Waals surface area contributed by atoms with Crippen molar-refractivity contribution in [3.05, 3.63) is 53.6 Å². The standard InChI is InChI=1S/C16H17N3O/c1-11-7-12(9-13(8-11)20-2)10-17-16-18-14-5-3-4-6-15(14)19-16/h3-9H,10H2,1-2H3,(H2,17,18,19). The lowest BCUT2D eigenvalue weighted by atomic mass is 10.1. The molecular weight excluding hydrogens is 250 g/mol. The molecule has 20 heavy (non-hydrogen) atoms. The number of imidazole rings is 1. The highest BCUT2D eigenvalue weighted by atomic mass is 16.5. The van der Waals surface area contributed by atoms with Gasteiger partial charge in [-0.2, -0.15) is 0 Å². The molecule has 1 aromatic heterocycles. The second kappa shape index (κ2) is 5.25. The Hall–Kier alpha value is -2.49. The molecule has 1 heterocycles. The molecule has 2 N–H and O–H groups in total. The zero-order valence-corrected chi connectivity index (χ0v) is 11.6. The number of fused-ring (bicyclic) bond motifs is 1. The van der Waals surface area contributed by atoms with Gasteiger partial charge in [-0.1, -0.05) is 18.2 Å². The largest absolute Gasteiger partial charge is 0.497 e. The van der Waals surface area contributed by atoms with Crippen molar-refractivity contribution in [3.63, 3.8) is 0 Å². The van der Waals surface area contributed by atoms with Gasteiger partial charge < -0.3 is 15.0 Å². The van der Waals surface area contributed by atoms with E-state index >= 15 is 0 Å². The van der Waals surface area contributed by atoms with Crippen LogP contribution in [0.5, 0.6) is 5.75 Å². The molecule has 4 heteroatoms. The molecule has 0 radical (unpaired) electrons. The summed E-state index contributed by atoms with van der Waals surface area (Å²) in [7, 11) is 1.69. The molecule has 0 amide bonds. The van der Waals surface area contributed by atoms with Crippen molar-refractivity contribution in [2.24, 2.45) is 0 Å². The Morgan fingerprint density at radius 2 is 2.05 bits per heavy atom. The van der Waals surface area contributed by atoms with Crippen molar-refractivity contribution in [2.75, 3.05) is 12.4 Å². The van der Waals surface area contributed by atoms with Gasteiger partial charge in [0.2, 0.25) is 5.95 Å². The summed E-state index contributed by atoms with van der Waals surface area (Å²) in [6.07, 6.45) is 0. The van der Waals surface area contributed by atoms with Crippen molar-refractivity contribution >= 4 is 17.0 Å². The Kier molecular flexibility index (Phi) is 3.29. The summed E-state index contributed by atoms with van der Waals surface area (Å²) in [5.74, 6) is 1.66. The van der Waals surface area contributed by atoms with Crippen molar-refractivity contribution in [3.8, 4) is 5.75 Å². The molecule has 0 unspecified atom stereocenters. The minimum Gasteiger partial charge on any atom is -0.497 e. The molecule has 0 bridgehead atoms. The van der Waals surface area contributed by atoms with E-state index in [0.29, 0.717) is 6.54 Å². The molecule has 3 rings (SSSR count). The summed E-state index contributed by atoms with van der Waals surface area (Å²) in [5.41, 5.74) is 4.36. The van der Waals surface area contributed by atoms with E-state index in [-0.39, 0.29) is 0 Å². The van der Waals surface area contributed by atoms with Crippen LogP contribution in [-0.2, 0) is 6.54 Å². The van der Waals surface area contributed by atoms with Gasteiger partial charge >= 0.3 is 0 Å². The third kappa shape index (κ3) is 2.59. The second-order valence-electron chi connectivity index (χ2n) is 4.81. The molecule has 4 nitrogen and oxygen atoms in total. The molecule has 102 valence electrons. The average molecular weight is 267 g/mol. The van der Waals surface area contributed by atoms with Crippen LogP contribution in [-0.4, -0.2) is 17.1 Å². The molecule has 0 atom stereocenters. The van der Waals surface area contributed by atoms with Crippen molar-refractivity contribution in [1.82, 2.24) is 9.97 Å². The molecule has 3 aromatic rings. The van der Waals surface area contributed by atoms with Crippen LogP contribution in [0.1, 0.15) is 11.1 Å². The van der Waals surface area contributed by atoms with Crippen molar-refractivity contribution in [1.29, 1.82) is 0 Å². The third-order valence-corrected chi connectivity index (χ3v) is 3.20. The number of nitrogens with zero attached hydrogens (tertiary/aromatic N) is 1. The minimum absolute atomic E-state index is 0.706. The van der Waals surface area contributed by atoms with Gasteiger partial charge in [-0.05, 0) is 42.3 Å². The van der Waals surface area contributed by atoms with E-state index in [1.807, 2.05) is 36.4 Å². The highest BCUT2D eigenvalue weighted by Crippen LogP contribution is 2.18. The number of para-hydroxylation sites is 2. The van der Waals surface area contributed by atoms with Gasteiger partial charge in [0.25, 0.3) is 0 Å². The summed E-state index contributed by atoms with van der Waals surface area (Å²) in [4.78, 5) is 7.75. The van der Waals surface area contributed by atoms with E-state index in [1.54, 1.807) is 7.11 Å². The van der Waals surface area contributed by atoms with Gasteiger partial charge in [0.15, 0.2) is 0 Å². The lowest BCUT2D eigenvalue weighted by Crippen LogP contribution is -2.01. The first-order chi connectivity index (χ1) is 9.74. The topological polar surface area (TPSA) is 49.9 Å². The number of aryl methyl sites for hydroxylation is 1. The number of hydrogen-bond donors (Lipinski definition) is 2. The van der Waals surface area contributed by atoms with Crippen LogP contribution in [0.2, 0.25) is 0 Å². The van der Waals surface area contributed by atoms with Crippen LogP contribution in [0.4, 0.5) is 5.95 Å². The van der Waals surface area contributed by atoms with Gasteiger partial charge in [-0.25, -0.2) is 4.98 Å². The van der Waals surface area contributed by atoms with E-state index in [1.165, 1.54) is 11.1 Å². The summed E-state index contributed by atoms with van der Waals surface area (Å²) < 4.78 is 5.28. The fraction of sp³-hybridized carbons (Fsp3) is 0.188. The zero-order chi connectivity index (χ0) is 13.9. The van der Waals surface area contributed by atoms with Gasteiger partial charge in [-0.3, -0.25) is 0 Å². The minimum atomic E-state index is 0.706. The molecule has 0 saturated heterocycles. The highest BCUT2D eigenvalue weighted by molar-refractivity contribution is 5.77. The molecule has 0 aliphatic rings. The molecule has 0 aliphatic heterocycles. The Morgan fingerprint density at radius 1 is 1.20 bits per heavy atom. The fourth-order valence-corrected chi connectivity index (χ4v) is 2.27. The number of hydrogen-bond acceptors (Lipinski definition) is 3. The monoisotopic (exact) mass is 267 g/mol. The quantitative estimate of drug-likeness (QED) is 0.760. The number of aromatic nitrogens is 2. The van der Waals surface area contributed by atoms with E-state index < -0.39 is 0 Å². The average Bonchev–Trinajstić information content (AvgIpc) is 2.87. The molecule has 0 fully saturated rings. The first-order valence-corrected chi connectivity index (χ1v) is 6.58. The lowest BCUT2D eigenvalue weighted by molar-refractivity contribution is 0.414. The molecule has 2 aromatic carbocycles. The van der Waals surface area contributed by atoms with Crippen LogP contribution >= 0.6 is 0 Å². The summed E-state index contributed by atoms with van der Waals surface area (Å²) in [6.45, 7) is 2.77. The Labute approximate surface area is 117 Å². The van der Waals surface area contributed by atoms with E-state index in [2.05, 4.69) is 28.3 Å². The van der Waals surface area contributed by atoms with Gasteiger partial charge in [0.1, 0.15) is 5.75 Å². The third-order valence-electron chi connectivity index (χ3n) is 3.20. The van der Waals surface area contributed by atoms with Crippen molar-refractivity contribution < 1.29 is 4.74 Å². The maximum absolute atomic E-state index is 5.28. The van der Waals surface area contributed by atoms with Crippen molar-refractivity contribution in [2.45, 2.75) is 13.5 Å². The molecular formula is C16H17N3O. The number of H-pyrrole nitrogens is 1. The Morgan fingerprint density at radius 3 is 2.85 bits per heavy atom. The number of methoxy groups -OCH3 is 1. The first kappa shape index (κ1) is 12.5. The number of aromatic amines is 1. The molecule has 0 aliphatic carbocycles. The fourth-order valence-electron chi connectivity index (χ4n) is 2.27. The Bertz CT molecular complexity index is 700. The maximum atomic E-state index is 5.28. The van der Waals surface area contributed by atoms with E-state index in [9.17, 15) is 0 Å². The van der Waals surface area contributed by atoms with Crippen LogP contribution in [0, 0.1) is 6.92 Å². The lowest BCUT2D eigenvalue weighted by Gasteiger charge is -2.07. The van der Waals surface area contributed by atoms with Crippen LogP contribution in [0.15, 0.2) is 42.5 Å². The summed E-state index contributed by atoms with van der Waals surface area (Å²) >= 11 is 0. The maximum Gasteiger partial charge on any atom is 0.201 e.